The average molecular weight is 839 g/mol. The Labute approximate surface area is 383 Å². The summed E-state index contributed by atoms with van der Waals surface area (Å²) in [4.78, 5) is 4.71. The SMILES string of the molecule is c1ccc(N(c2ccc(-c3ccc4ccc5ccc(-c6ccc(N(c7ccccc7)c7ccc8ccccc8c7)cc6)c6c7ccccc7c3c4c56)cc2)c2ccc3ccccc3c2)cc1. The van der Waals surface area contributed by atoms with Crippen LogP contribution in [0.3, 0.4) is 0 Å². The molecule has 0 atom stereocenters. The van der Waals surface area contributed by atoms with Gasteiger partial charge in [0.2, 0.25) is 0 Å². The number of hydrogen-bond acceptors (Lipinski definition) is 2. The molecule has 0 fully saturated rings. The molecule has 0 amide bonds. The van der Waals surface area contributed by atoms with Gasteiger partial charge in [-0.25, -0.2) is 0 Å². The van der Waals surface area contributed by atoms with Crippen molar-refractivity contribution < 1.29 is 0 Å². The van der Waals surface area contributed by atoms with Gasteiger partial charge in [0.25, 0.3) is 0 Å². The molecular formula is C64H42N2. The predicted octanol–water partition coefficient (Wildman–Crippen LogP) is 18.3. The third-order valence-electron chi connectivity index (χ3n) is 13.5. The zero-order chi connectivity index (χ0) is 43.6. The van der Waals surface area contributed by atoms with E-state index < -0.39 is 0 Å². The van der Waals surface area contributed by atoms with Gasteiger partial charge in [-0.3, -0.25) is 0 Å². The average Bonchev–Trinajstić information content (AvgIpc) is 3.39. The lowest BCUT2D eigenvalue weighted by atomic mass is 9.83. The zero-order valence-electron chi connectivity index (χ0n) is 36.1. The van der Waals surface area contributed by atoms with Gasteiger partial charge in [0.05, 0.1) is 0 Å². The van der Waals surface area contributed by atoms with E-state index >= 15 is 0 Å². The summed E-state index contributed by atoms with van der Waals surface area (Å²) in [6.45, 7) is 0. The third-order valence-corrected chi connectivity index (χ3v) is 13.5. The van der Waals surface area contributed by atoms with Gasteiger partial charge in [-0.2, -0.15) is 0 Å². The minimum absolute atomic E-state index is 1.11. The normalized spacial score (nSPS) is 11.6. The first-order valence-electron chi connectivity index (χ1n) is 22.7. The van der Waals surface area contributed by atoms with Crippen LogP contribution in [0.1, 0.15) is 0 Å². The Morgan fingerprint density at radius 3 is 0.939 bits per heavy atom. The Morgan fingerprint density at radius 2 is 0.515 bits per heavy atom. The molecule has 308 valence electrons. The van der Waals surface area contributed by atoms with Gasteiger partial charge in [-0.05, 0) is 160 Å². The Balaban J connectivity index is 0.945. The highest BCUT2D eigenvalue weighted by molar-refractivity contribution is 6.38. The highest BCUT2D eigenvalue weighted by atomic mass is 15.1. The third kappa shape index (κ3) is 6.26. The molecule has 0 unspecified atom stereocenters. The highest BCUT2D eigenvalue weighted by Gasteiger charge is 2.21. The summed E-state index contributed by atoms with van der Waals surface area (Å²) in [5.74, 6) is 0. The highest BCUT2D eigenvalue weighted by Crippen LogP contribution is 2.48. The van der Waals surface area contributed by atoms with Crippen molar-refractivity contribution in [1.82, 2.24) is 0 Å². The Morgan fingerprint density at radius 1 is 0.197 bits per heavy atom. The fourth-order valence-electron chi connectivity index (χ4n) is 10.5. The van der Waals surface area contributed by atoms with Gasteiger partial charge >= 0.3 is 0 Å². The van der Waals surface area contributed by atoms with E-state index in [0.717, 1.165) is 34.1 Å². The minimum Gasteiger partial charge on any atom is -0.310 e. The van der Waals surface area contributed by atoms with Gasteiger partial charge < -0.3 is 9.80 Å². The summed E-state index contributed by atoms with van der Waals surface area (Å²) in [5, 5.41) is 15.2. The first kappa shape index (κ1) is 37.8. The summed E-state index contributed by atoms with van der Waals surface area (Å²) in [5.41, 5.74) is 11.6. The summed E-state index contributed by atoms with van der Waals surface area (Å²) in [7, 11) is 0. The molecule has 0 aliphatic rings. The molecule has 13 aromatic carbocycles. The van der Waals surface area contributed by atoms with Crippen molar-refractivity contribution in [1.29, 1.82) is 0 Å². The van der Waals surface area contributed by atoms with Gasteiger partial charge in [0.1, 0.15) is 0 Å². The number of nitrogens with zero attached hydrogens (tertiary/aromatic N) is 2. The van der Waals surface area contributed by atoms with Gasteiger partial charge in [-0.1, -0.05) is 182 Å². The van der Waals surface area contributed by atoms with E-state index in [1.54, 1.807) is 0 Å². The molecule has 0 aliphatic carbocycles. The number of hydrogen-bond donors (Lipinski definition) is 0. The van der Waals surface area contributed by atoms with Crippen LogP contribution in [0.15, 0.2) is 255 Å². The summed E-state index contributed by atoms with van der Waals surface area (Å²) < 4.78 is 0. The van der Waals surface area contributed by atoms with Crippen molar-refractivity contribution in [3.05, 3.63) is 255 Å². The summed E-state index contributed by atoms with van der Waals surface area (Å²) >= 11 is 0. The van der Waals surface area contributed by atoms with E-state index in [4.69, 9.17) is 0 Å². The molecule has 13 rings (SSSR count). The number of para-hydroxylation sites is 2. The van der Waals surface area contributed by atoms with Crippen LogP contribution < -0.4 is 9.80 Å². The summed E-state index contributed by atoms with van der Waals surface area (Å²) in [6, 6.07) is 93.2. The fourth-order valence-corrected chi connectivity index (χ4v) is 10.5. The molecule has 0 bridgehead atoms. The first-order valence-corrected chi connectivity index (χ1v) is 22.7. The molecule has 0 saturated heterocycles. The van der Waals surface area contributed by atoms with E-state index in [0.29, 0.717) is 0 Å². The molecule has 0 saturated carbocycles. The van der Waals surface area contributed by atoms with Crippen LogP contribution in [0, 0.1) is 0 Å². The predicted molar refractivity (Wildman–Crippen MR) is 283 cm³/mol. The second kappa shape index (κ2) is 15.5. The smallest absolute Gasteiger partial charge is 0.0468 e. The lowest BCUT2D eigenvalue weighted by molar-refractivity contribution is 1.29. The molecule has 0 radical (unpaired) electrons. The molecule has 0 N–H and O–H groups in total. The summed E-state index contributed by atoms with van der Waals surface area (Å²) in [6.07, 6.45) is 0. The van der Waals surface area contributed by atoms with Gasteiger partial charge in [0.15, 0.2) is 0 Å². The molecule has 0 aromatic heterocycles. The van der Waals surface area contributed by atoms with Crippen LogP contribution in [-0.4, -0.2) is 0 Å². The van der Waals surface area contributed by atoms with E-state index in [9.17, 15) is 0 Å². The lowest BCUT2D eigenvalue weighted by Crippen LogP contribution is -2.09. The van der Waals surface area contributed by atoms with Crippen molar-refractivity contribution in [2.24, 2.45) is 0 Å². The van der Waals surface area contributed by atoms with Gasteiger partial charge in [-0.15, -0.1) is 0 Å². The largest absolute Gasteiger partial charge is 0.310 e. The lowest BCUT2D eigenvalue weighted by Gasteiger charge is -2.26. The Bertz CT molecular complexity index is 3660. The zero-order valence-corrected chi connectivity index (χ0v) is 36.1. The first-order chi connectivity index (χ1) is 32.7. The van der Waals surface area contributed by atoms with Crippen LogP contribution in [0.2, 0.25) is 0 Å². The molecule has 0 heterocycles. The van der Waals surface area contributed by atoms with Gasteiger partial charge in [0, 0.05) is 34.1 Å². The molecular weight excluding hydrogens is 797 g/mol. The number of rotatable bonds is 8. The van der Waals surface area contributed by atoms with Crippen molar-refractivity contribution in [3.63, 3.8) is 0 Å². The monoisotopic (exact) mass is 838 g/mol. The number of fused-ring (bicyclic) bond motifs is 5. The minimum atomic E-state index is 1.11. The van der Waals surface area contributed by atoms with E-state index in [-0.39, 0.29) is 0 Å². The second-order valence-corrected chi connectivity index (χ2v) is 17.3. The molecule has 0 spiro atoms. The molecule has 13 aromatic rings. The standard InChI is InChI=1S/C64H42N2/c1-3-17-51(18-4-1)65(55-37-25-43-13-7-9-15-49(43)41-55)53-33-27-45(28-34-53)57-39-31-47-23-24-48-32-40-58(64-60-22-12-11-21-59(60)63(57)61(47)62(48)64)46-29-35-54(36-30-46)66(52-19-5-2-6-20-52)56-38-26-44-14-8-10-16-50(44)42-56/h1-42H. The molecule has 2 heteroatoms. The Hall–Kier alpha value is -8.72. The number of benzene rings is 13. The van der Waals surface area contributed by atoms with Crippen molar-refractivity contribution in [3.8, 4) is 22.3 Å². The van der Waals surface area contributed by atoms with E-state index in [2.05, 4.69) is 265 Å². The molecule has 2 nitrogen and oxygen atoms in total. The van der Waals surface area contributed by atoms with Crippen molar-refractivity contribution >= 4 is 98.8 Å². The van der Waals surface area contributed by atoms with Crippen LogP contribution >= 0.6 is 0 Å². The molecule has 0 aliphatic heterocycles. The van der Waals surface area contributed by atoms with Crippen molar-refractivity contribution in [2.45, 2.75) is 0 Å². The maximum absolute atomic E-state index is 2.35. The van der Waals surface area contributed by atoms with E-state index in [1.807, 2.05) is 0 Å². The molecule has 66 heavy (non-hydrogen) atoms. The second-order valence-electron chi connectivity index (χ2n) is 17.3. The Kier molecular flexibility index (Phi) is 8.89. The maximum atomic E-state index is 2.35. The van der Waals surface area contributed by atoms with Crippen LogP contribution in [0.5, 0.6) is 0 Å². The van der Waals surface area contributed by atoms with Crippen LogP contribution in [0.4, 0.5) is 34.1 Å². The topological polar surface area (TPSA) is 6.48 Å². The fraction of sp³-hybridized carbons (Fsp3) is 0. The van der Waals surface area contributed by atoms with Crippen molar-refractivity contribution in [2.75, 3.05) is 9.80 Å². The van der Waals surface area contributed by atoms with Crippen LogP contribution in [0.25, 0.3) is 86.9 Å². The van der Waals surface area contributed by atoms with E-state index in [1.165, 1.54) is 86.9 Å². The quantitative estimate of drug-likeness (QED) is 0.111. The number of anilines is 6. The maximum Gasteiger partial charge on any atom is 0.0468 e. The van der Waals surface area contributed by atoms with Crippen LogP contribution in [-0.2, 0) is 0 Å².